The summed E-state index contributed by atoms with van der Waals surface area (Å²) in [6, 6.07) is 22.1. The highest BCUT2D eigenvalue weighted by atomic mass is 16.5. The quantitative estimate of drug-likeness (QED) is 0.586. The SMILES string of the molecule is COc1ccc(CNC(=O)CCCN2C(=O)c3ccccc3N3C(=O)c4ccccc4C23)cc1. The molecule has 0 aliphatic carbocycles. The predicted molar refractivity (Wildman–Crippen MR) is 128 cm³/mol. The Morgan fingerprint density at radius 1 is 0.912 bits per heavy atom. The third kappa shape index (κ3) is 3.79. The fraction of sp³-hybridized carbons (Fsp3) is 0.222. The molecule has 1 N–H and O–H groups in total. The van der Waals surface area contributed by atoms with E-state index in [2.05, 4.69) is 5.32 Å². The van der Waals surface area contributed by atoms with Gasteiger partial charge in [0.05, 0.1) is 18.4 Å². The summed E-state index contributed by atoms with van der Waals surface area (Å²) < 4.78 is 5.15. The number of methoxy groups -OCH3 is 1. The van der Waals surface area contributed by atoms with Gasteiger partial charge in [-0.2, -0.15) is 0 Å². The van der Waals surface area contributed by atoms with Gasteiger partial charge in [0.2, 0.25) is 5.91 Å². The summed E-state index contributed by atoms with van der Waals surface area (Å²) in [4.78, 5) is 42.4. The normalized spacial score (nSPS) is 16.1. The van der Waals surface area contributed by atoms with Crippen molar-refractivity contribution in [3.8, 4) is 5.75 Å². The number of benzene rings is 3. The van der Waals surface area contributed by atoms with Crippen LogP contribution in [-0.2, 0) is 11.3 Å². The van der Waals surface area contributed by atoms with E-state index >= 15 is 0 Å². The highest BCUT2D eigenvalue weighted by Gasteiger charge is 2.47. The van der Waals surface area contributed by atoms with Gasteiger partial charge in [-0.05, 0) is 42.3 Å². The van der Waals surface area contributed by atoms with E-state index in [9.17, 15) is 14.4 Å². The largest absolute Gasteiger partial charge is 0.497 e. The smallest absolute Gasteiger partial charge is 0.260 e. The van der Waals surface area contributed by atoms with Crippen molar-refractivity contribution in [3.05, 3.63) is 95.1 Å². The van der Waals surface area contributed by atoms with Gasteiger partial charge in [0.25, 0.3) is 11.8 Å². The Labute approximate surface area is 197 Å². The minimum atomic E-state index is -0.492. The second-order valence-electron chi connectivity index (χ2n) is 8.38. The van der Waals surface area contributed by atoms with Gasteiger partial charge in [-0.15, -0.1) is 0 Å². The minimum absolute atomic E-state index is 0.0829. The number of hydrogen-bond donors (Lipinski definition) is 1. The Hall–Kier alpha value is -4.13. The number of fused-ring (bicyclic) bond motifs is 5. The average molecular weight is 456 g/mol. The fourth-order valence-corrected chi connectivity index (χ4v) is 4.64. The van der Waals surface area contributed by atoms with Crippen LogP contribution >= 0.6 is 0 Å². The zero-order chi connectivity index (χ0) is 23.7. The highest BCUT2D eigenvalue weighted by molar-refractivity contribution is 6.16. The molecule has 3 amide bonds. The van der Waals surface area contributed by atoms with Gasteiger partial charge in [0, 0.05) is 30.6 Å². The molecule has 172 valence electrons. The molecule has 5 rings (SSSR count). The maximum atomic E-state index is 13.4. The van der Waals surface area contributed by atoms with Gasteiger partial charge in [0.1, 0.15) is 11.9 Å². The molecule has 2 aliphatic rings. The van der Waals surface area contributed by atoms with Crippen LogP contribution in [0.25, 0.3) is 0 Å². The standard InChI is InChI=1S/C27H25N3O4/c1-34-19-14-12-18(13-15-19)17-28-24(31)11-6-16-29-25-20-7-2-3-8-21(20)27(33)30(25)23-10-5-4-9-22(23)26(29)32/h2-5,7-10,12-15,25H,6,11,16-17H2,1H3,(H,28,31). The van der Waals surface area contributed by atoms with E-state index in [0.29, 0.717) is 36.3 Å². The molecule has 34 heavy (non-hydrogen) atoms. The molecular formula is C27H25N3O4. The zero-order valence-corrected chi connectivity index (χ0v) is 18.9. The maximum absolute atomic E-state index is 13.4. The molecule has 0 bridgehead atoms. The van der Waals surface area contributed by atoms with E-state index in [-0.39, 0.29) is 24.1 Å². The third-order valence-electron chi connectivity index (χ3n) is 6.33. The van der Waals surface area contributed by atoms with Crippen molar-refractivity contribution in [2.75, 3.05) is 18.6 Å². The van der Waals surface area contributed by atoms with Gasteiger partial charge in [0.15, 0.2) is 0 Å². The van der Waals surface area contributed by atoms with Crippen molar-refractivity contribution in [2.24, 2.45) is 0 Å². The average Bonchev–Trinajstić information content (AvgIpc) is 3.17. The van der Waals surface area contributed by atoms with Crippen LogP contribution in [0, 0.1) is 0 Å². The summed E-state index contributed by atoms with van der Waals surface area (Å²) in [6.07, 6.45) is 0.279. The molecule has 3 aromatic carbocycles. The molecule has 1 atom stereocenters. The van der Waals surface area contributed by atoms with E-state index < -0.39 is 6.17 Å². The number of ether oxygens (including phenoxy) is 1. The number of amides is 3. The number of nitrogens with one attached hydrogen (secondary N) is 1. The molecule has 3 aromatic rings. The summed E-state index contributed by atoms with van der Waals surface area (Å²) in [5.41, 5.74) is 3.54. The molecule has 2 aliphatic heterocycles. The van der Waals surface area contributed by atoms with Crippen LogP contribution in [0.5, 0.6) is 5.75 Å². The molecule has 2 heterocycles. The fourth-order valence-electron chi connectivity index (χ4n) is 4.64. The monoisotopic (exact) mass is 455 g/mol. The first kappa shape index (κ1) is 21.7. The van der Waals surface area contributed by atoms with E-state index in [1.165, 1.54) is 0 Å². The summed E-state index contributed by atoms with van der Waals surface area (Å²) >= 11 is 0. The van der Waals surface area contributed by atoms with E-state index in [1.54, 1.807) is 35.1 Å². The predicted octanol–water partition coefficient (Wildman–Crippen LogP) is 3.91. The Kier molecular flexibility index (Phi) is 5.76. The maximum Gasteiger partial charge on any atom is 0.260 e. The lowest BCUT2D eigenvalue weighted by Gasteiger charge is -2.41. The van der Waals surface area contributed by atoms with Gasteiger partial charge >= 0.3 is 0 Å². The Balaban J connectivity index is 1.28. The molecular weight excluding hydrogens is 430 g/mol. The molecule has 0 saturated heterocycles. The van der Waals surface area contributed by atoms with Crippen LogP contribution in [-0.4, -0.2) is 36.3 Å². The summed E-state index contributed by atoms with van der Waals surface area (Å²) in [6.45, 7) is 0.795. The van der Waals surface area contributed by atoms with Crippen LogP contribution < -0.4 is 15.0 Å². The number of para-hydroxylation sites is 1. The molecule has 7 heteroatoms. The highest BCUT2D eigenvalue weighted by Crippen LogP contribution is 2.45. The Morgan fingerprint density at radius 2 is 1.62 bits per heavy atom. The summed E-state index contributed by atoms with van der Waals surface area (Å²) in [7, 11) is 1.61. The van der Waals surface area contributed by atoms with Crippen LogP contribution in [0.1, 0.15) is 50.9 Å². The number of carbonyl (C=O) groups excluding carboxylic acids is 3. The van der Waals surface area contributed by atoms with Gasteiger partial charge in [-0.1, -0.05) is 42.5 Å². The van der Waals surface area contributed by atoms with Gasteiger partial charge in [-0.25, -0.2) is 0 Å². The molecule has 0 aromatic heterocycles. The lowest BCUT2D eigenvalue weighted by atomic mass is 10.0. The third-order valence-corrected chi connectivity index (χ3v) is 6.33. The Bertz CT molecular complexity index is 1250. The van der Waals surface area contributed by atoms with Crippen LogP contribution in [0.3, 0.4) is 0 Å². The van der Waals surface area contributed by atoms with Crippen molar-refractivity contribution in [3.63, 3.8) is 0 Å². The number of anilines is 1. The number of rotatable bonds is 7. The first-order valence-electron chi connectivity index (χ1n) is 11.3. The van der Waals surface area contributed by atoms with Gasteiger partial charge in [-0.3, -0.25) is 19.3 Å². The van der Waals surface area contributed by atoms with Crippen molar-refractivity contribution < 1.29 is 19.1 Å². The lowest BCUT2D eigenvalue weighted by molar-refractivity contribution is -0.121. The zero-order valence-electron chi connectivity index (χ0n) is 18.9. The van der Waals surface area contributed by atoms with Crippen molar-refractivity contribution in [1.82, 2.24) is 10.2 Å². The van der Waals surface area contributed by atoms with Gasteiger partial charge < -0.3 is 15.0 Å². The van der Waals surface area contributed by atoms with Crippen molar-refractivity contribution in [2.45, 2.75) is 25.6 Å². The van der Waals surface area contributed by atoms with Crippen LogP contribution in [0.2, 0.25) is 0 Å². The first-order chi connectivity index (χ1) is 16.6. The molecule has 7 nitrogen and oxygen atoms in total. The summed E-state index contributed by atoms with van der Waals surface area (Å²) in [5.74, 6) is 0.451. The van der Waals surface area contributed by atoms with E-state index in [0.717, 1.165) is 16.9 Å². The molecule has 0 saturated carbocycles. The number of carbonyl (C=O) groups is 3. The number of nitrogens with zero attached hydrogens (tertiary/aromatic N) is 2. The van der Waals surface area contributed by atoms with Crippen molar-refractivity contribution in [1.29, 1.82) is 0 Å². The molecule has 0 radical (unpaired) electrons. The van der Waals surface area contributed by atoms with E-state index in [4.69, 9.17) is 4.74 Å². The lowest BCUT2D eigenvalue weighted by Crippen LogP contribution is -2.48. The molecule has 0 fully saturated rings. The minimum Gasteiger partial charge on any atom is -0.497 e. The second kappa shape index (κ2) is 9.02. The van der Waals surface area contributed by atoms with E-state index in [1.807, 2.05) is 54.6 Å². The van der Waals surface area contributed by atoms with Crippen LogP contribution in [0.4, 0.5) is 5.69 Å². The molecule has 0 spiro atoms. The van der Waals surface area contributed by atoms with Crippen LogP contribution in [0.15, 0.2) is 72.8 Å². The second-order valence-corrected chi connectivity index (χ2v) is 8.38. The summed E-state index contributed by atoms with van der Waals surface area (Å²) in [5, 5.41) is 2.92. The molecule has 1 unspecified atom stereocenters. The first-order valence-corrected chi connectivity index (χ1v) is 11.3. The van der Waals surface area contributed by atoms with Crippen molar-refractivity contribution >= 4 is 23.4 Å². The Morgan fingerprint density at radius 3 is 2.38 bits per heavy atom. The topological polar surface area (TPSA) is 79.0 Å². The number of hydrogen-bond acceptors (Lipinski definition) is 4.